The molecular formula is C22H31N5. The molecule has 1 aromatic heterocycles. The lowest BCUT2D eigenvalue weighted by atomic mass is 9.73. The molecule has 0 atom stereocenters. The summed E-state index contributed by atoms with van der Waals surface area (Å²) in [6, 6.07) is 10.5. The van der Waals surface area contributed by atoms with Gasteiger partial charge in [0.05, 0.1) is 6.54 Å². The molecule has 2 fully saturated rings. The summed E-state index contributed by atoms with van der Waals surface area (Å²) in [5.41, 5.74) is 1.83. The van der Waals surface area contributed by atoms with E-state index >= 15 is 0 Å². The van der Waals surface area contributed by atoms with Crippen molar-refractivity contribution in [2.45, 2.75) is 51.6 Å². The zero-order chi connectivity index (χ0) is 18.5. The molecule has 2 aromatic rings. The monoisotopic (exact) mass is 365 g/mol. The number of nitrogens with zero attached hydrogens (tertiary/aromatic N) is 4. The third kappa shape index (κ3) is 4.18. The van der Waals surface area contributed by atoms with Gasteiger partial charge in [-0.25, -0.2) is 4.98 Å². The lowest BCUT2D eigenvalue weighted by molar-refractivity contribution is 0.203. The topological polar surface area (TPSA) is 45.5 Å². The van der Waals surface area contributed by atoms with Crippen LogP contribution >= 0.6 is 0 Å². The maximum atomic E-state index is 4.56. The summed E-state index contributed by atoms with van der Waals surface area (Å²) < 4.78 is 2.21. The van der Waals surface area contributed by atoms with E-state index in [1.54, 1.807) is 0 Å². The SMILES string of the molecule is CN=C(NCc1nccn1Cc1ccccc1)N1CCC2(CCCCC2)C1. The number of aromatic nitrogens is 2. The zero-order valence-corrected chi connectivity index (χ0v) is 16.4. The highest BCUT2D eigenvalue weighted by atomic mass is 15.3. The number of likely N-dealkylation sites (tertiary alicyclic amines) is 1. The third-order valence-electron chi connectivity index (χ3n) is 6.27. The summed E-state index contributed by atoms with van der Waals surface area (Å²) in [7, 11) is 1.89. The van der Waals surface area contributed by atoms with Crippen LogP contribution in [0, 0.1) is 5.41 Å². The minimum absolute atomic E-state index is 0.543. The Morgan fingerprint density at radius 1 is 1.15 bits per heavy atom. The number of rotatable bonds is 4. The first-order valence-electron chi connectivity index (χ1n) is 10.3. The van der Waals surface area contributed by atoms with Gasteiger partial charge < -0.3 is 14.8 Å². The van der Waals surface area contributed by atoms with Crippen LogP contribution in [0.2, 0.25) is 0 Å². The molecule has 2 heterocycles. The smallest absolute Gasteiger partial charge is 0.194 e. The Kier molecular flexibility index (Phi) is 5.46. The van der Waals surface area contributed by atoms with Gasteiger partial charge >= 0.3 is 0 Å². The van der Waals surface area contributed by atoms with Crippen LogP contribution in [0.3, 0.4) is 0 Å². The van der Waals surface area contributed by atoms with E-state index in [9.17, 15) is 0 Å². The fourth-order valence-electron chi connectivity index (χ4n) is 4.75. The van der Waals surface area contributed by atoms with Crippen LogP contribution < -0.4 is 5.32 Å². The van der Waals surface area contributed by atoms with Gasteiger partial charge in [-0.15, -0.1) is 0 Å². The minimum atomic E-state index is 0.543. The van der Waals surface area contributed by atoms with Gasteiger partial charge in [-0.1, -0.05) is 49.6 Å². The van der Waals surface area contributed by atoms with E-state index in [1.807, 2.05) is 13.2 Å². The highest BCUT2D eigenvalue weighted by Gasteiger charge is 2.39. The number of aliphatic imine (C=N–C) groups is 1. The average Bonchev–Trinajstić information content (AvgIpc) is 3.31. The van der Waals surface area contributed by atoms with E-state index in [-0.39, 0.29) is 0 Å². The molecule has 1 N–H and O–H groups in total. The quantitative estimate of drug-likeness (QED) is 0.664. The second kappa shape index (κ2) is 8.15. The van der Waals surface area contributed by atoms with E-state index in [4.69, 9.17) is 0 Å². The standard InChI is InChI=1S/C22H31N5/c1-23-21(27-14-12-22(18-27)10-6-3-7-11-22)25-16-20-24-13-15-26(20)17-19-8-4-2-5-9-19/h2,4-5,8-9,13,15H,3,6-7,10-12,14,16-18H2,1H3,(H,23,25). The van der Waals surface area contributed by atoms with Crippen molar-refractivity contribution in [3.05, 3.63) is 54.1 Å². The lowest BCUT2D eigenvalue weighted by Crippen LogP contribution is -2.41. The van der Waals surface area contributed by atoms with Crippen molar-refractivity contribution < 1.29 is 0 Å². The third-order valence-corrected chi connectivity index (χ3v) is 6.27. The number of hydrogen-bond donors (Lipinski definition) is 1. The highest BCUT2D eigenvalue weighted by molar-refractivity contribution is 5.80. The van der Waals surface area contributed by atoms with Crippen LogP contribution in [0.25, 0.3) is 0 Å². The second-order valence-corrected chi connectivity index (χ2v) is 8.09. The van der Waals surface area contributed by atoms with Crippen LogP contribution in [0.5, 0.6) is 0 Å². The predicted molar refractivity (Wildman–Crippen MR) is 110 cm³/mol. The van der Waals surface area contributed by atoms with Crippen molar-refractivity contribution in [1.29, 1.82) is 0 Å². The van der Waals surface area contributed by atoms with Gasteiger partial charge in [0.2, 0.25) is 0 Å². The highest BCUT2D eigenvalue weighted by Crippen LogP contribution is 2.43. The van der Waals surface area contributed by atoms with E-state index in [1.165, 1.54) is 44.1 Å². The molecule has 0 bridgehead atoms. The van der Waals surface area contributed by atoms with Gasteiger partial charge in [0.1, 0.15) is 5.82 Å². The maximum Gasteiger partial charge on any atom is 0.194 e. The van der Waals surface area contributed by atoms with Crippen molar-refractivity contribution >= 4 is 5.96 Å². The van der Waals surface area contributed by atoms with E-state index in [0.717, 1.165) is 31.4 Å². The number of nitrogens with one attached hydrogen (secondary N) is 1. The van der Waals surface area contributed by atoms with E-state index in [2.05, 4.69) is 61.3 Å². The van der Waals surface area contributed by atoms with Gasteiger partial charge in [-0.05, 0) is 30.2 Å². The molecule has 0 unspecified atom stereocenters. The van der Waals surface area contributed by atoms with Gasteiger partial charge in [0.25, 0.3) is 0 Å². The Hall–Kier alpha value is -2.30. The Morgan fingerprint density at radius 3 is 2.74 bits per heavy atom. The first kappa shape index (κ1) is 18.1. The molecule has 27 heavy (non-hydrogen) atoms. The van der Waals surface area contributed by atoms with Crippen LogP contribution in [-0.2, 0) is 13.1 Å². The van der Waals surface area contributed by atoms with Crippen LogP contribution in [-0.4, -0.2) is 40.5 Å². The number of guanidine groups is 1. The number of hydrogen-bond acceptors (Lipinski definition) is 2. The number of imidazole rings is 1. The van der Waals surface area contributed by atoms with Crippen molar-refractivity contribution in [2.75, 3.05) is 20.1 Å². The summed E-state index contributed by atoms with van der Waals surface area (Å²) in [5, 5.41) is 3.55. The molecular weight excluding hydrogens is 334 g/mol. The summed E-state index contributed by atoms with van der Waals surface area (Å²) in [6.07, 6.45) is 12.3. The van der Waals surface area contributed by atoms with Crippen molar-refractivity contribution in [2.24, 2.45) is 10.4 Å². The van der Waals surface area contributed by atoms with Crippen molar-refractivity contribution in [3.63, 3.8) is 0 Å². The molecule has 0 amide bonds. The lowest BCUT2D eigenvalue weighted by Gasteiger charge is -2.33. The van der Waals surface area contributed by atoms with E-state index < -0.39 is 0 Å². The Bertz CT molecular complexity index is 758. The molecule has 2 aliphatic rings. The normalized spacial score (nSPS) is 19.6. The summed E-state index contributed by atoms with van der Waals surface area (Å²) in [4.78, 5) is 11.6. The molecule has 5 nitrogen and oxygen atoms in total. The zero-order valence-electron chi connectivity index (χ0n) is 16.4. The van der Waals surface area contributed by atoms with Crippen molar-refractivity contribution in [1.82, 2.24) is 19.8 Å². The molecule has 4 rings (SSSR count). The van der Waals surface area contributed by atoms with Crippen LogP contribution in [0.4, 0.5) is 0 Å². The average molecular weight is 366 g/mol. The van der Waals surface area contributed by atoms with E-state index in [0.29, 0.717) is 12.0 Å². The summed E-state index contributed by atoms with van der Waals surface area (Å²) >= 11 is 0. The largest absolute Gasteiger partial charge is 0.349 e. The first-order valence-corrected chi connectivity index (χ1v) is 10.3. The Balaban J connectivity index is 1.36. The van der Waals surface area contributed by atoms with Gasteiger partial charge in [0.15, 0.2) is 5.96 Å². The maximum absolute atomic E-state index is 4.56. The molecule has 1 saturated carbocycles. The summed E-state index contributed by atoms with van der Waals surface area (Å²) in [6.45, 7) is 3.84. The first-order chi connectivity index (χ1) is 13.3. The van der Waals surface area contributed by atoms with Crippen molar-refractivity contribution in [3.8, 4) is 0 Å². The van der Waals surface area contributed by atoms with Gasteiger partial charge in [0, 0.05) is 39.1 Å². The molecule has 5 heteroatoms. The predicted octanol–water partition coefficient (Wildman–Crippen LogP) is 3.66. The van der Waals surface area contributed by atoms with Crippen LogP contribution in [0.1, 0.15) is 49.9 Å². The number of benzene rings is 1. The molecule has 144 valence electrons. The Morgan fingerprint density at radius 2 is 1.96 bits per heavy atom. The molecule has 1 saturated heterocycles. The summed E-state index contributed by atoms with van der Waals surface area (Å²) in [5.74, 6) is 2.07. The molecule has 0 radical (unpaired) electrons. The fraction of sp³-hybridized carbons (Fsp3) is 0.545. The van der Waals surface area contributed by atoms with Gasteiger partial charge in [-0.2, -0.15) is 0 Å². The molecule has 1 aromatic carbocycles. The Labute approximate surface area is 162 Å². The molecule has 1 aliphatic heterocycles. The van der Waals surface area contributed by atoms with Gasteiger partial charge in [-0.3, -0.25) is 4.99 Å². The molecule has 1 spiro atoms. The molecule has 1 aliphatic carbocycles. The second-order valence-electron chi connectivity index (χ2n) is 8.09. The van der Waals surface area contributed by atoms with Crippen LogP contribution in [0.15, 0.2) is 47.7 Å². The minimum Gasteiger partial charge on any atom is -0.349 e. The fourth-order valence-corrected chi connectivity index (χ4v) is 4.75.